The standard InChI is InChI=1S/C24H30N4O/c1-3-17-29-23-10-6-5-9-21(23)19-27-24(25-4-2)26-18-20-11-13-22(14-12-20)28-15-7-8-16-28/h3,5-14H,1,4,15-19H2,2H3,(H2,25,26,27). The average Bonchev–Trinajstić information content (AvgIpc) is 3.30. The van der Waals surface area contributed by atoms with Gasteiger partial charge in [0.25, 0.3) is 0 Å². The fraction of sp³-hybridized carbons (Fsp3) is 0.292. The Kier molecular flexibility index (Phi) is 7.75. The van der Waals surface area contributed by atoms with E-state index in [0.29, 0.717) is 19.7 Å². The summed E-state index contributed by atoms with van der Waals surface area (Å²) in [6, 6.07) is 16.7. The Labute approximate surface area is 173 Å². The minimum Gasteiger partial charge on any atom is -0.489 e. The molecule has 0 saturated carbocycles. The van der Waals surface area contributed by atoms with Crippen LogP contribution in [0.2, 0.25) is 0 Å². The van der Waals surface area contributed by atoms with Crippen LogP contribution in [0.25, 0.3) is 0 Å². The molecule has 0 saturated heterocycles. The molecule has 0 fully saturated rings. The predicted octanol–water partition coefficient (Wildman–Crippen LogP) is 3.88. The SMILES string of the molecule is C=CCOc1ccccc1CNC(=NCc1ccc(N2CC=CC2)cc1)NCC. The van der Waals surface area contributed by atoms with E-state index in [0.717, 1.165) is 36.9 Å². The van der Waals surface area contributed by atoms with Gasteiger partial charge in [-0.15, -0.1) is 0 Å². The Hall–Kier alpha value is -3.21. The zero-order chi connectivity index (χ0) is 20.3. The Balaban J connectivity index is 1.59. The first-order valence-corrected chi connectivity index (χ1v) is 10.1. The van der Waals surface area contributed by atoms with Gasteiger partial charge in [0.2, 0.25) is 0 Å². The smallest absolute Gasteiger partial charge is 0.191 e. The Morgan fingerprint density at radius 1 is 1.10 bits per heavy atom. The molecule has 5 nitrogen and oxygen atoms in total. The number of guanidine groups is 1. The van der Waals surface area contributed by atoms with Gasteiger partial charge in [-0.2, -0.15) is 0 Å². The van der Waals surface area contributed by atoms with Crippen molar-refractivity contribution in [1.82, 2.24) is 10.6 Å². The summed E-state index contributed by atoms with van der Waals surface area (Å²) >= 11 is 0. The molecule has 1 heterocycles. The van der Waals surface area contributed by atoms with E-state index in [-0.39, 0.29) is 0 Å². The van der Waals surface area contributed by atoms with Crippen LogP contribution in [0.15, 0.2) is 78.3 Å². The summed E-state index contributed by atoms with van der Waals surface area (Å²) in [4.78, 5) is 7.07. The molecule has 1 aliphatic rings. The molecule has 0 atom stereocenters. The van der Waals surface area contributed by atoms with Crippen molar-refractivity contribution in [2.45, 2.75) is 20.0 Å². The fourth-order valence-corrected chi connectivity index (χ4v) is 3.13. The summed E-state index contributed by atoms with van der Waals surface area (Å²) in [6.07, 6.45) is 6.15. The second kappa shape index (κ2) is 11.0. The number of anilines is 1. The Bertz CT molecular complexity index is 834. The van der Waals surface area contributed by atoms with Gasteiger partial charge in [0.1, 0.15) is 12.4 Å². The van der Waals surface area contributed by atoms with Crippen molar-refractivity contribution in [1.29, 1.82) is 0 Å². The largest absolute Gasteiger partial charge is 0.489 e. The summed E-state index contributed by atoms with van der Waals surface area (Å²) in [6.45, 7) is 10.3. The van der Waals surface area contributed by atoms with Crippen LogP contribution < -0.4 is 20.3 Å². The summed E-state index contributed by atoms with van der Waals surface area (Å²) in [5.41, 5.74) is 3.53. The van der Waals surface area contributed by atoms with Crippen molar-refractivity contribution in [2.75, 3.05) is 31.1 Å². The molecule has 0 aliphatic carbocycles. The number of para-hydroxylation sites is 1. The fourth-order valence-electron chi connectivity index (χ4n) is 3.13. The molecule has 0 amide bonds. The van der Waals surface area contributed by atoms with Crippen molar-refractivity contribution < 1.29 is 4.74 Å². The predicted molar refractivity (Wildman–Crippen MR) is 122 cm³/mol. The van der Waals surface area contributed by atoms with Crippen LogP contribution in [0.4, 0.5) is 5.69 Å². The third-order valence-corrected chi connectivity index (χ3v) is 4.66. The van der Waals surface area contributed by atoms with Crippen LogP contribution in [-0.4, -0.2) is 32.2 Å². The lowest BCUT2D eigenvalue weighted by atomic mass is 10.2. The van der Waals surface area contributed by atoms with E-state index in [1.165, 1.54) is 11.3 Å². The lowest BCUT2D eigenvalue weighted by molar-refractivity contribution is 0.358. The zero-order valence-electron chi connectivity index (χ0n) is 17.1. The molecular formula is C24H30N4O. The Morgan fingerprint density at radius 3 is 2.59 bits per heavy atom. The number of hydrogen-bond acceptors (Lipinski definition) is 3. The van der Waals surface area contributed by atoms with Gasteiger partial charge in [0.15, 0.2) is 5.96 Å². The third kappa shape index (κ3) is 6.14. The summed E-state index contributed by atoms with van der Waals surface area (Å²) in [5, 5.41) is 6.70. The Morgan fingerprint density at radius 2 is 1.86 bits per heavy atom. The first-order valence-electron chi connectivity index (χ1n) is 10.1. The normalized spacial score (nSPS) is 13.4. The molecule has 0 aromatic heterocycles. The van der Waals surface area contributed by atoms with Gasteiger partial charge < -0.3 is 20.3 Å². The number of aliphatic imine (C=N–C) groups is 1. The van der Waals surface area contributed by atoms with Crippen LogP contribution in [-0.2, 0) is 13.1 Å². The number of ether oxygens (including phenoxy) is 1. The molecule has 0 spiro atoms. The maximum atomic E-state index is 5.73. The van der Waals surface area contributed by atoms with Crippen molar-refractivity contribution in [3.8, 4) is 5.75 Å². The minimum atomic E-state index is 0.495. The molecule has 2 aromatic carbocycles. The number of nitrogens with one attached hydrogen (secondary N) is 2. The van der Waals surface area contributed by atoms with E-state index in [1.54, 1.807) is 6.08 Å². The molecule has 0 unspecified atom stereocenters. The van der Waals surface area contributed by atoms with Gasteiger partial charge in [0.05, 0.1) is 6.54 Å². The number of benzene rings is 2. The maximum Gasteiger partial charge on any atom is 0.191 e. The van der Waals surface area contributed by atoms with E-state index in [4.69, 9.17) is 9.73 Å². The number of hydrogen-bond donors (Lipinski definition) is 2. The molecule has 5 heteroatoms. The number of nitrogens with zero attached hydrogens (tertiary/aromatic N) is 2. The van der Waals surface area contributed by atoms with Crippen molar-refractivity contribution in [2.24, 2.45) is 4.99 Å². The molecule has 29 heavy (non-hydrogen) atoms. The van der Waals surface area contributed by atoms with Crippen LogP contribution in [0.5, 0.6) is 5.75 Å². The highest BCUT2D eigenvalue weighted by Gasteiger charge is 2.07. The lowest BCUT2D eigenvalue weighted by Gasteiger charge is -2.17. The van der Waals surface area contributed by atoms with Crippen LogP contribution >= 0.6 is 0 Å². The number of rotatable bonds is 9. The van der Waals surface area contributed by atoms with Crippen LogP contribution in [0, 0.1) is 0 Å². The maximum absolute atomic E-state index is 5.73. The zero-order valence-corrected chi connectivity index (χ0v) is 17.1. The van der Waals surface area contributed by atoms with E-state index in [2.05, 4.69) is 71.5 Å². The van der Waals surface area contributed by atoms with Crippen LogP contribution in [0.3, 0.4) is 0 Å². The van der Waals surface area contributed by atoms with E-state index in [1.807, 2.05) is 18.2 Å². The van der Waals surface area contributed by atoms with Gasteiger partial charge in [-0.1, -0.05) is 55.1 Å². The third-order valence-electron chi connectivity index (χ3n) is 4.66. The minimum absolute atomic E-state index is 0.495. The van der Waals surface area contributed by atoms with Gasteiger partial charge in [-0.05, 0) is 30.7 Å². The molecule has 0 radical (unpaired) electrons. The molecule has 152 valence electrons. The van der Waals surface area contributed by atoms with Gasteiger partial charge >= 0.3 is 0 Å². The summed E-state index contributed by atoms with van der Waals surface area (Å²) < 4.78 is 5.73. The van der Waals surface area contributed by atoms with E-state index >= 15 is 0 Å². The van der Waals surface area contributed by atoms with Gasteiger partial charge in [-0.25, -0.2) is 4.99 Å². The van der Waals surface area contributed by atoms with E-state index < -0.39 is 0 Å². The summed E-state index contributed by atoms with van der Waals surface area (Å²) in [7, 11) is 0. The lowest BCUT2D eigenvalue weighted by Crippen LogP contribution is -2.36. The first-order chi connectivity index (χ1) is 14.3. The molecule has 0 bridgehead atoms. The van der Waals surface area contributed by atoms with Crippen molar-refractivity contribution in [3.63, 3.8) is 0 Å². The first kappa shape index (κ1) is 20.5. The monoisotopic (exact) mass is 390 g/mol. The van der Waals surface area contributed by atoms with Crippen molar-refractivity contribution >= 4 is 11.6 Å². The highest BCUT2D eigenvalue weighted by Crippen LogP contribution is 2.19. The second-order valence-electron chi connectivity index (χ2n) is 6.80. The van der Waals surface area contributed by atoms with Gasteiger partial charge in [0, 0.05) is 37.4 Å². The molecular weight excluding hydrogens is 360 g/mol. The molecule has 3 rings (SSSR count). The molecule has 1 aliphatic heterocycles. The highest BCUT2D eigenvalue weighted by atomic mass is 16.5. The quantitative estimate of drug-likeness (QED) is 0.388. The van der Waals surface area contributed by atoms with Gasteiger partial charge in [-0.3, -0.25) is 0 Å². The molecule has 2 N–H and O–H groups in total. The highest BCUT2D eigenvalue weighted by molar-refractivity contribution is 5.79. The second-order valence-corrected chi connectivity index (χ2v) is 6.80. The van der Waals surface area contributed by atoms with Crippen LogP contribution in [0.1, 0.15) is 18.1 Å². The average molecular weight is 391 g/mol. The molecule has 2 aromatic rings. The van der Waals surface area contributed by atoms with E-state index in [9.17, 15) is 0 Å². The summed E-state index contributed by atoms with van der Waals surface area (Å²) in [5.74, 6) is 1.65. The van der Waals surface area contributed by atoms with Crippen molar-refractivity contribution in [3.05, 3.63) is 84.5 Å². The topological polar surface area (TPSA) is 48.9 Å².